The molecule has 0 spiro atoms. The lowest BCUT2D eigenvalue weighted by atomic mass is 9.86. The first kappa shape index (κ1) is 13.5. The number of aromatic nitrogens is 3. The molecule has 4 rings (SSSR count). The zero-order valence-electron chi connectivity index (χ0n) is 12.5. The summed E-state index contributed by atoms with van der Waals surface area (Å²) in [6, 6.07) is 15.5. The number of piperidine rings is 1. The van der Waals surface area contributed by atoms with E-state index in [4.69, 9.17) is 0 Å². The van der Waals surface area contributed by atoms with Crippen molar-refractivity contribution in [1.29, 1.82) is 0 Å². The number of benzene rings is 2. The van der Waals surface area contributed by atoms with E-state index < -0.39 is 0 Å². The van der Waals surface area contributed by atoms with Gasteiger partial charge in [-0.25, -0.2) is 9.67 Å². The van der Waals surface area contributed by atoms with Crippen molar-refractivity contribution in [2.45, 2.75) is 18.9 Å². The molecule has 0 aliphatic carbocycles. The van der Waals surface area contributed by atoms with Gasteiger partial charge in [-0.1, -0.05) is 36.4 Å². The monoisotopic (exact) mass is 292 g/mol. The van der Waals surface area contributed by atoms with Crippen molar-refractivity contribution in [3.63, 3.8) is 0 Å². The van der Waals surface area contributed by atoms with E-state index in [1.54, 1.807) is 6.33 Å². The smallest absolute Gasteiger partial charge is 0.137 e. The zero-order chi connectivity index (χ0) is 14.8. The minimum Gasteiger partial charge on any atom is -0.316 e. The van der Waals surface area contributed by atoms with Crippen LogP contribution in [0.15, 0.2) is 55.1 Å². The van der Waals surface area contributed by atoms with Crippen LogP contribution in [0.2, 0.25) is 0 Å². The quantitative estimate of drug-likeness (QED) is 0.807. The van der Waals surface area contributed by atoms with Crippen LogP contribution in [0.1, 0.15) is 24.4 Å². The van der Waals surface area contributed by atoms with Crippen LogP contribution >= 0.6 is 0 Å². The fourth-order valence-electron chi connectivity index (χ4n) is 3.54. The van der Waals surface area contributed by atoms with Crippen LogP contribution in [0.5, 0.6) is 0 Å². The molecule has 0 radical (unpaired) electrons. The molecule has 1 aromatic heterocycles. The molecule has 2 heterocycles. The largest absolute Gasteiger partial charge is 0.316 e. The van der Waals surface area contributed by atoms with E-state index >= 15 is 0 Å². The molecule has 112 valence electrons. The van der Waals surface area contributed by atoms with E-state index in [9.17, 15) is 0 Å². The van der Waals surface area contributed by atoms with Crippen LogP contribution in [-0.4, -0.2) is 27.9 Å². The highest BCUT2D eigenvalue weighted by atomic mass is 15.3. The molecular formula is C18H20N4. The Morgan fingerprint density at radius 3 is 2.82 bits per heavy atom. The molecule has 0 amide bonds. The van der Waals surface area contributed by atoms with Crippen molar-refractivity contribution in [1.82, 2.24) is 20.1 Å². The van der Waals surface area contributed by atoms with Gasteiger partial charge in [-0.05, 0) is 47.7 Å². The number of fused-ring (bicyclic) bond motifs is 1. The maximum Gasteiger partial charge on any atom is 0.137 e. The zero-order valence-corrected chi connectivity index (χ0v) is 12.5. The normalized spacial score (nSPS) is 20.1. The van der Waals surface area contributed by atoms with Crippen molar-refractivity contribution >= 4 is 10.8 Å². The van der Waals surface area contributed by atoms with Gasteiger partial charge in [0.1, 0.15) is 12.7 Å². The second kappa shape index (κ2) is 5.89. The lowest BCUT2D eigenvalue weighted by Gasteiger charge is -2.31. The van der Waals surface area contributed by atoms with Gasteiger partial charge in [0.15, 0.2) is 0 Å². The topological polar surface area (TPSA) is 42.7 Å². The molecule has 2 atom stereocenters. The summed E-state index contributed by atoms with van der Waals surface area (Å²) in [7, 11) is 0. The van der Waals surface area contributed by atoms with Crippen molar-refractivity contribution in [3.05, 3.63) is 60.7 Å². The number of nitrogens with zero attached hydrogens (tertiary/aromatic N) is 3. The summed E-state index contributed by atoms with van der Waals surface area (Å²) < 4.78 is 2.02. The molecule has 2 aromatic carbocycles. The summed E-state index contributed by atoms with van der Waals surface area (Å²) in [6.45, 7) is 2.16. The first-order valence-electron chi connectivity index (χ1n) is 7.95. The number of hydrogen-bond acceptors (Lipinski definition) is 3. The van der Waals surface area contributed by atoms with E-state index in [0.717, 1.165) is 13.1 Å². The molecule has 1 fully saturated rings. The highest BCUT2D eigenvalue weighted by Crippen LogP contribution is 2.32. The van der Waals surface area contributed by atoms with Gasteiger partial charge in [0, 0.05) is 6.54 Å². The summed E-state index contributed by atoms with van der Waals surface area (Å²) in [5, 5.41) is 10.5. The Kier molecular flexibility index (Phi) is 3.60. The second-order valence-electron chi connectivity index (χ2n) is 6.03. The molecule has 4 heteroatoms. The van der Waals surface area contributed by atoms with E-state index in [1.165, 1.54) is 29.2 Å². The Morgan fingerprint density at radius 2 is 2.05 bits per heavy atom. The predicted molar refractivity (Wildman–Crippen MR) is 87.7 cm³/mol. The third kappa shape index (κ3) is 2.50. The minimum absolute atomic E-state index is 0.250. The lowest BCUT2D eigenvalue weighted by Crippen LogP contribution is -2.35. The average molecular weight is 292 g/mol. The Balaban J connectivity index is 1.78. The standard InChI is InChI=1S/C18H20N4/c1-2-5-15-10-16(8-7-14(15)4-1)18(22-13-20-12-21-22)17-6-3-9-19-11-17/h1-2,4-5,7-8,10,12-13,17-19H,3,6,9,11H2. The summed E-state index contributed by atoms with van der Waals surface area (Å²) in [5.41, 5.74) is 1.32. The number of hydrogen-bond donors (Lipinski definition) is 1. The molecular weight excluding hydrogens is 272 g/mol. The number of rotatable bonds is 3. The summed E-state index contributed by atoms with van der Waals surface area (Å²) >= 11 is 0. The molecule has 2 unspecified atom stereocenters. The van der Waals surface area contributed by atoms with Crippen molar-refractivity contribution in [2.75, 3.05) is 13.1 Å². The van der Waals surface area contributed by atoms with Gasteiger partial charge in [-0.15, -0.1) is 0 Å². The second-order valence-corrected chi connectivity index (χ2v) is 6.03. The molecule has 1 aliphatic rings. The summed E-state index contributed by atoms with van der Waals surface area (Å²) in [4.78, 5) is 4.16. The third-order valence-electron chi connectivity index (χ3n) is 4.62. The molecule has 3 aromatic rings. The van der Waals surface area contributed by atoms with Crippen LogP contribution < -0.4 is 5.32 Å². The van der Waals surface area contributed by atoms with E-state index in [0.29, 0.717) is 5.92 Å². The van der Waals surface area contributed by atoms with Gasteiger partial charge in [0.05, 0.1) is 6.04 Å². The van der Waals surface area contributed by atoms with Crippen molar-refractivity contribution < 1.29 is 0 Å². The fourth-order valence-corrected chi connectivity index (χ4v) is 3.54. The van der Waals surface area contributed by atoms with Gasteiger partial charge >= 0.3 is 0 Å². The van der Waals surface area contributed by atoms with E-state index in [2.05, 4.69) is 57.9 Å². The predicted octanol–water partition coefficient (Wildman–Crippen LogP) is 3.02. The van der Waals surface area contributed by atoms with Crippen molar-refractivity contribution in [3.8, 4) is 0 Å². The van der Waals surface area contributed by atoms with Gasteiger partial charge in [-0.2, -0.15) is 5.10 Å². The maximum absolute atomic E-state index is 4.43. The van der Waals surface area contributed by atoms with Crippen molar-refractivity contribution in [2.24, 2.45) is 5.92 Å². The first-order chi connectivity index (χ1) is 10.9. The van der Waals surface area contributed by atoms with Crippen LogP contribution in [0.4, 0.5) is 0 Å². The van der Waals surface area contributed by atoms with Crippen LogP contribution in [-0.2, 0) is 0 Å². The summed E-state index contributed by atoms with van der Waals surface area (Å²) in [6.07, 6.45) is 5.92. The van der Waals surface area contributed by atoms with Crippen LogP contribution in [0, 0.1) is 5.92 Å². The molecule has 1 saturated heterocycles. The Bertz CT molecular complexity index is 745. The van der Waals surface area contributed by atoms with E-state index in [-0.39, 0.29) is 6.04 Å². The molecule has 22 heavy (non-hydrogen) atoms. The van der Waals surface area contributed by atoms with Crippen LogP contribution in [0.25, 0.3) is 10.8 Å². The fraction of sp³-hybridized carbons (Fsp3) is 0.333. The Hall–Kier alpha value is -2.20. The van der Waals surface area contributed by atoms with Gasteiger partial charge in [0.2, 0.25) is 0 Å². The minimum atomic E-state index is 0.250. The first-order valence-corrected chi connectivity index (χ1v) is 7.95. The van der Waals surface area contributed by atoms with Crippen LogP contribution in [0.3, 0.4) is 0 Å². The molecule has 0 bridgehead atoms. The Morgan fingerprint density at radius 1 is 1.14 bits per heavy atom. The highest BCUT2D eigenvalue weighted by Gasteiger charge is 2.27. The SMILES string of the molecule is c1ccc2cc(C(C3CCCNC3)n3cncn3)ccc2c1. The van der Waals surface area contributed by atoms with Gasteiger partial charge in [0.25, 0.3) is 0 Å². The number of nitrogens with one attached hydrogen (secondary N) is 1. The average Bonchev–Trinajstić information content (AvgIpc) is 3.10. The molecule has 0 saturated carbocycles. The summed E-state index contributed by atoms with van der Waals surface area (Å²) in [5.74, 6) is 0.552. The highest BCUT2D eigenvalue weighted by molar-refractivity contribution is 5.83. The molecule has 1 N–H and O–H groups in total. The van der Waals surface area contributed by atoms with E-state index in [1.807, 2.05) is 11.0 Å². The van der Waals surface area contributed by atoms with Gasteiger partial charge in [-0.3, -0.25) is 0 Å². The maximum atomic E-state index is 4.43. The van der Waals surface area contributed by atoms with Gasteiger partial charge < -0.3 is 5.32 Å². The Labute approximate surface area is 130 Å². The molecule has 1 aliphatic heterocycles. The third-order valence-corrected chi connectivity index (χ3v) is 4.62. The molecule has 4 nitrogen and oxygen atoms in total. The lowest BCUT2D eigenvalue weighted by molar-refractivity contribution is 0.281.